The summed E-state index contributed by atoms with van der Waals surface area (Å²) < 4.78 is 1.62. The maximum Gasteiger partial charge on any atom is 0.276 e. The molecule has 0 aliphatic heterocycles. The summed E-state index contributed by atoms with van der Waals surface area (Å²) in [6.07, 6.45) is 2.41. The first-order valence-electron chi connectivity index (χ1n) is 8.70. The maximum absolute atomic E-state index is 12.9. The molecule has 0 unspecified atom stereocenters. The topological polar surface area (TPSA) is 77.0 Å². The molecule has 0 saturated heterocycles. The highest BCUT2D eigenvalue weighted by Gasteiger charge is 2.19. The van der Waals surface area contributed by atoms with E-state index in [1.807, 2.05) is 61.5 Å². The highest BCUT2D eigenvalue weighted by atomic mass is 35.5. The number of rotatable bonds is 7. The molecule has 0 bridgehead atoms. The normalized spacial score (nSPS) is 10.3. The van der Waals surface area contributed by atoms with Gasteiger partial charge in [-0.3, -0.25) is 4.79 Å². The van der Waals surface area contributed by atoms with Gasteiger partial charge in [0.15, 0.2) is 5.69 Å². The van der Waals surface area contributed by atoms with Crippen molar-refractivity contribution in [2.24, 2.45) is 5.73 Å². The largest absolute Gasteiger partial charge is 0.333 e. The summed E-state index contributed by atoms with van der Waals surface area (Å²) >= 11 is 0. The molecule has 0 saturated carbocycles. The number of nitrogens with zero attached hydrogens (tertiary/aromatic N) is 4. The van der Waals surface area contributed by atoms with E-state index in [9.17, 15) is 4.79 Å². The van der Waals surface area contributed by atoms with Gasteiger partial charge in [0.1, 0.15) is 0 Å². The summed E-state index contributed by atoms with van der Waals surface area (Å²) in [5.41, 5.74) is 9.08. The Morgan fingerprint density at radius 3 is 2.48 bits per heavy atom. The zero-order chi connectivity index (χ0) is 18.4. The molecule has 3 rings (SSSR count). The Bertz CT molecular complexity index is 848. The molecule has 1 amide bonds. The van der Waals surface area contributed by atoms with Gasteiger partial charge < -0.3 is 10.6 Å². The Balaban J connectivity index is 0.00000261. The van der Waals surface area contributed by atoms with Crippen LogP contribution in [-0.2, 0) is 6.54 Å². The number of aromatic nitrogens is 3. The van der Waals surface area contributed by atoms with Gasteiger partial charge in [-0.1, -0.05) is 53.2 Å². The van der Waals surface area contributed by atoms with E-state index < -0.39 is 0 Å². The first-order valence-corrected chi connectivity index (χ1v) is 8.70. The molecular formula is C20H24ClN5O. The van der Waals surface area contributed by atoms with E-state index in [0.29, 0.717) is 25.3 Å². The number of benzene rings is 2. The van der Waals surface area contributed by atoms with Crippen LogP contribution in [0.1, 0.15) is 28.0 Å². The second-order valence-corrected chi connectivity index (χ2v) is 6.24. The lowest BCUT2D eigenvalue weighted by Crippen LogP contribution is -2.32. The standard InChI is InChI=1S/C20H23N5O.ClH/c1-16-8-10-18(11-9-16)25-15-19(22-23-25)20(26)24(13-5-12-21)14-17-6-3-2-4-7-17;/h2-4,6-11,15H,5,12-14,21H2,1H3;1H. The second-order valence-electron chi connectivity index (χ2n) is 6.24. The van der Waals surface area contributed by atoms with Gasteiger partial charge in [-0.15, -0.1) is 17.5 Å². The minimum atomic E-state index is -0.138. The molecule has 6 nitrogen and oxygen atoms in total. The van der Waals surface area contributed by atoms with Crippen LogP contribution < -0.4 is 5.73 Å². The molecule has 1 aromatic heterocycles. The first-order chi connectivity index (χ1) is 12.7. The van der Waals surface area contributed by atoms with Gasteiger partial charge >= 0.3 is 0 Å². The third-order valence-electron chi connectivity index (χ3n) is 4.15. The molecule has 2 aromatic carbocycles. The molecule has 0 fully saturated rings. The van der Waals surface area contributed by atoms with E-state index in [4.69, 9.17) is 5.73 Å². The molecule has 0 radical (unpaired) electrons. The van der Waals surface area contributed by atoms with Gasteiger partial charge in [0.05, 0.1) is 11.9 Å². The molecular weight excluding hydrogens is 362 g/mol. The number of carbonyl (C=O) groups excluding carboxylic acids is 1. The SMILES string of the molecule is Cc1ccc(-n2cc(C(=O)N(CCCN)Cc3ccccc3)nn2)cc1.Cl. The Hall–Kier alpha value is -2.70. The molecule has 3 aromatic rings. The predicted molar refractivity (Wildman–Crippen MR) is 108 cm³/mol. The number of amides is 1. The Labute approximate surface area is 165 Å². The number of hydrogen-bond donors (Lipinski definition) is 1. The fraction of sp³-hybridized carbons (Fsp3) is 0.250. The van der Waals surface area contributed by atoms with Crippen molar-refractivity contribution in [3.05, 3.63) is 77.6 Å². The number of hydrogen-bond acceptors (Lipinski definition) is 4. The van der Waals surface area contributed by atoms with Crippen LogP contribution in [0.15, 0.2) is 60.8 Å². The van der Waals surface area contributed by atoms with Crippen molar-refractivity contribution in [2.45, 2.75) is 19.9 Å². The monoisotopic (exact) mass is 385 g/mol. The van der Waals surface area contributed by atoms with Crippen LogP contribution in [0.3, 0.4) is 0 Å². The van der Waals surface area contributed by atoms with E-state index in [1.165, 1.54) is 5.56 Å². The van der Waals surface area contributed by atoms with E-state index in [-0.39, 0.29) is 18.3 Å². The minimum Gasteiger partial charge on any atom is -0.333 e. The maximum atomic E-state index is 12.9. The van der Waals surface area contributed by atoms with E-state index in [1.54, 1.807) is 15.8 Å². The number of aryl methyl sites for hydroxylation is 1. The lowest BCUT2D eigenvalue weighted by Gasteiger charge is -2.21. The van der Waals surface area contributed by atoms with Crippen molar-refractivity contribution in [1.82, 2.24) is 19.9 Å². The summed E-state index contributed by atoms with van der Waals surface area (Å²) in [5.74, 6) is -0.138. The average Bonchev–Trinajstić information content (AvgIpc) is 3.16. The van der Waals surface area contributed by atoms with Crippen molar-refractivity contribution in [1.29, 1.82) is 0 Å². The van der Waals surface area contributed by atoms with E-state index >= 15 is 0 Å². The predicted octanol–water partition coefficient (Wildman–Crippen LogP) is 2.99. The zero-order valence-electron chi connectivity index (χ0n) is 15.3. The Morgan fingerprint density at radius 2 is 1.81 bits per heavy atom. The third-order valence-corrected chi connectivity index (χ3v) is 4.15. The molecule has 0 aliphatic carbocycles. The molecule has 0 atom stereocenters. The Morgan fingerprint density at radius 1 is 1.11 bits per heavy atom. The van der Waals surface area contributed by atoms with Crippen LogP contribution in [0, 0.1) is 6.92 Å². The molecule has 2 N–H and O–H groups in total. The molecule has 142 valence electrons. The number of nitrogens with two attached hydrogens (primary N) is 1. The van der Waals surface area contributed by atoms with Gasteiger partial charge in [0.25, 0.3) is 5.91 Å². The highest BCUT2D eigenvalue weighted by molar-refractivity contribution is 5.92. The smallest absolute Gasteiger partial charge is 0.276 e. The minimum absolute atomic E-state index is 0. The molecule has 7 heteroatoms. The summed E-state index contributed by atoms with van der Waals surface area (Å²) in [7, 11) is 0. The van der Waals surface area contributed by atoms with Crippen LogP contribution in [0.5, 0.6) is 0 Å². The molecule has 27 heavy (non-hydrogen) atoms. The van der Waals surface area contributed by atoms with Gasteiger partial charge in [0, 0.05) is 13.1 Å². The summed E-state index contributed by atoms with van der Waals surface area (Å²) in [6.45, 7) is 3.67. The second kappa shape index (κ2) is 9.85. The number of halogens is 1. The summed E-state index contributed by atoms with van der Waals surface area (Å²) in [4.78, 5) is 14.7. The third kappa shape index (κ3) is 5.39. The van der Waals surface area contributed by atoms with Crippen molar-refractivity contribution in [3.8, 4) is 5.69 Å². The van der Waals surface area contributed by atoms with Crippen molar-refractivity contribution < 1.29 is 4.79 Å². The summed E-state index contributed by atoms with van der Waals surface area (Å²) in [6, 6.07) is 17.8. The van der Waals surface area contributed by atoms with Crippen LogP contribution in [0.2, 0.25) is 0 Å². The Kier molecular flexibility index (Phi) is 7.52. The van der Waals surface area contributed by atoms with Gasteiger partial charge in [-0.25, -0.2) is 4.68 Å². The fourth-order valence-corrected chi connectivity index (χ4v) is 2.69. The quantitative estimate of drug-likeness (QED) is 0.678. The lowest BCUT2D eigenvalue weighted by molar-refractivity contribution is 0.0736. The van der Waals surface area contributed by atoms with Crippen molar-refractivity contribution in [3.63, 3.8) is 0 Å². The van der Waals surface area contributed by atoms with E-state index in [2.05, 4.69) is 10.3 Å². The van der Waals surface area contributed by atoms with Crippen LogP contribution in [-0.4, -0.2) is 38.9 Å². The van der Waals surface area contributed by atoms with Gasteiger partial charge in [-0.2, -0.15) is 0 Å². The highest BCUT2D eigenvalue weighted by Crippen LogP contribution is 2.12. The van der Waals surface area contributed by atoms with Gasteiger partial charge in [-0.05, 0) is 37.6 Å². The fourth-order valence-electron chi connectivity index (χ4n) is 2.69. The first kappa shape index (κ1) is 20.6. The lowest BCUT2D eigenvalue weighted by atomic mass is 10.2. The van der Waals surface area contributed by atoms with Gasteiger partial charge in [0.2, 0.25) is 0 Å². The van der Waals surface area contributed by atoms with Crippen molar-refractivity contribution >= 4 is 18.3 Å². The summed E-state index contributed by atoms with van der Waals surface area (Å²) in [5, 5.41) is 8.18. The van der Waals surface area contributed by atoms with Crippen LogP contribution >= 0.6 is 12.4 Å². The molecule has 0 aliphatic rings. The van der Waals surface area contributed by atoms with E-state index in [0.717, 1.165) is 17.7 Å². The average molecular weight is 386 g/mol. The van der Waals surface area contributed by atoms with Crippen LogP contribution in [0.4, 0.5) is 0 Å². The van der Waals surface area contributed by atoms with Crippen LogP contribution in [0.25, 0.3) is 5.69 Å². The molecule has 0 spiro atoms. The molecule has 1 heterocycles. The zero-order valence-corrected chi connectivity index (χ0v) is 16.1. The number of carbonyl (C=O) groups is 1. The van der Waals surface area contributed by atoms with Crippen molar-refractivity contribution in [2.75, 3.05) is 13.1 Å².